The number of aliphatic hydroxyl groups is 1. The first-order valence-corrected chi connectivity index (χ1v) is 3.78. The minimum absolute atomic E-state index is 0.340. The fraction of sp³-hybridized carbons (Fsp3) is 0.571. The van der Waals surface area contributed by atoms with E-state index in [1.54, 1.807) is 18.7 Å². The SMILES string of the molecule is CC(O)(C(F)(F)F)C(F)(F)F.c1c[nH]cn1. The Hall–Kier alpha value is -1.25. The van der Waals surface area contributed by atoms with Crippen molar-refractivity contribution in [3.8, 4) is 0 Å². The molecule has 16 heavy (non-hydrogen) atoms. The first-order chi connectivity index (χ1) is 7.00. The molecule has 0 spiro atoms. The number of aromatic amines is 1. The standard InChI is InChI=1S/C4H4F6O.C3H4N2/c1-2(11,3(5,6)7)4(8,9)10;1-2-5-3-4-1/h11H,1H3;1-3H,(H,4,5). The number of rotatable bonds is 0. The van der Waals surface area contributed by atoms with E-state index in [1.807, 2.05) is 0 Å². The van der Waals surface area contributed by atoms with Crippen molar-refractivity contribution in [1.82, 2.24) is 9.97 Å². The van der Waals surface area contributed by atoms with Crippen molar-refractivity contribution in [3.05, 3.63) is 18.7 Å². The molecule has 0 aliphatic rings. The fourth-order valence-electron chi connectivity index (χ4n) is 0.376. The maximum Gasteiger partial charge on any atom is 0.425 e. The summed E-state index contributed by atoms with van der Waals surface area (Å²) < 4.78 is 68.2. The predicted molar refractivity (Wildman–Crippen MR) is 41.3 cm³/mol. The van der Waals surface area contributed by atoms with Gasteiger partial charge in [-0.05, 0) is 6.92 Å². The highest BCUT2D eigenvalue weighted by Crippen LogP contribution is 2.42. The van der Waals surface area contributed by atoms with Crippen LogP contribution >= 0.6 is 0 Å². The van der Waals surface area contributed by atoms with Crippen molar-refractivity contribution >= 4 is 0 Å². The van der Waals surface area contributed by atoms with Crippen molar-refractivity contribution in [1.29, 1.82) is 0 Å². The number of imidazole rings is 1. The zero-order valence-electron chi connectivity index (χ0n) is 7.89. The molecular weight excluding hydrogens is 242 g/mol. The summed E-state index contributed by atoms with van der Waals surface area (Å²) >= 11 is 0. The normalized spacial score (nSPS) is 13.0. The maximum atomic E-state index is 11.4. The van der Waals surface area contributed by atoms with Gasteiger partial charge in [0.1, 0.15) is 0 Å². The number of alkyl halides is 6. The minimum Gasteiger partial charge on any atom is -0.374 e. The molecule has 0 aliphatic heterocycles. The van der Waals surface area contributed by atoms with Crippen LogP contribution in [0.4, 0.5) is 26.3 Å². The van der Waals surface area contributed by atoms with Gasteiger partial charge in [-0.15, -0.1) is 0 Å². The van der Waals surface area contributed by atoms with Gasteiger partial charge in [-0.3, -0.25) is 0 Å². The lowest BCUT2D eigenvalue weighted by Gasteiger charge is -2.28. The predicted octanol–water partition coefficient (Wildman–Crippen LogP) is 2.27. The average molecular weight is 250 g/mol. The van der Waals surface area contributed by atoms with Gasteiger partial charge in [0.25, 0.3) is 5.60 Å². The molecule has 1 aromatic heterocycles. The topological polar surface area (TPSA) is 48.9 Å². The fourth-order valence-corrected chi connectivity index (χ4v) is 0.376. The first kappa shape index (κ1) is 14.8. The minimum atomic E-state index is -5.69. The van der Waals surface area contributed by atoms with E-state index in [4.69, 9.17) is 5.11 Å². The molecule has 0 fully saturated rings. The third-order valence-corrected chi connectivity index (χ3v) is 1.51. The zero-order chi connectivity index (χ0) is 13.0. The molecule has 1 rings (SSSR count). The molecule has 1 aromatic rings. The van der Waals surface area contributed by atoms with Crippen LogP contribution in [0.15, 0.2) is 18.7 Å². The second-order valence-corrected chi connectivity index (χ2v) is 2.83. The van der Waals surface area contributed by atoms with Crippen LogP contribution in [0.1, 0.15) is 6.92 Å². The van der Waals surface area contributed by atoms with Gasteiger partial charge in [-0.25, -0.2) is 4.98 Å². The lowest BCUT2D eigenvalue weighted by molar-refractivity contribution is -0.360. The monoisotopic (exact) mass is 250 g/mol. The van der Waals surface area contributed by atoms with E-state index < -0.39 is 18.0 Å². The molecule has 0 amide bonds. The molecule has 94 valence electrons. The van der Waals surface area contributed by atoms with Crippen molar-refractivity contribution < 1.29 is 31.4 Å². The van der Waals surface area contributed by atoms with Crippen LogP contribution in [0.3, 0.4) is 0 Å². The third kappa shape index (κ3) is 3.72. The Morgan fingerprint density at radius 2 is 1.50 bits per heavy atom. The molecule has 0 unspecified atom stereocenters. The Kier molecular flexibility index (Phi) is 4.36. The molecule has 0 bridgehead atoms. The Morgan fingerprint density at radius 3 is 1.56 bits per heavy atom. The molecule has 1 heterocycles. The summed E-state index contributed by atoms with van der Waals surface area (Å²) in [5, 5.41) is 7.94. The molecule has 0 atom stereocenters. The summed E-state index contributed by atoms with van der Waals surface area (Å²) in [4.78, 5) is 6.42. The Bertz CT molecular complexity index is 256. The van der Waals surface area contributed by atoms with Crippen LogP contribution in [-0.4, -0.2) is 33.0 Å². The zero-order valence-corrected chi connectivity index (χ0v) is 7.89. The van der Waals surface area contributed by atoms with Gasteiger partial charge >= 0.3 is 12.4 Å². The highest BCUT2D eigenvalue weighted by atomic mass is 19.4. The summed E-state index contributed by atoms with van der Waals surface area (Å²) in [6, 6.07) is 0. The van der Waals surface area contributed by atoms with Crippen LogP contribution in [0.25, 0.3) is 0 Å². The number of halogens is 6. The summed E-state index contributed by atoms with van der Waals surface area (Å²) in [5.74, 6) is 0. The first-order valence-electron chi connectivity index (χ1n) is 3.78. The highest BCUT2D eigenvalue weighted by molar-refractivity contribution is 4.88. The van der Waals surface area contributed by atoms with Gasteiger partial charge in [0.05, 0.1) is 6.33 Å². The van der Waals surface area contributed by atoms with Crippen molar-refractivity contribution in [2.75, 3.05) is 0 Å². The molecule has 3 nitrogen and oxygen atoms in total. The van der Waals surface area contributed by atoms with E-state index in [2.05, 4.69) is 9.97 Å². The van der Waals surface area contributed by atoms with Gasteiger partial charge < -0.3 is 10.1 Å². The summed E-state index contributed by atoms with van der Waals surface area (Å²) in [5.41, 5.74) is -4.62. The molecular formula is C7H8F6N2O. The van der Waals surface area contributed by atoms with Gasteiger partial charge in [0.2, 0.25) is 0 Å². The van der Waals surface area contributed by atoms with E-state index in [-0.39, 0.29) is 6.92 Å². The van der Waals surface area contributed by atoms with E-state index in [9.17, 15) is 26.3 Å². The second kappa shape index (κ2) is 4.73. The molecule has 0 saturated carbocycles. The van der Waals surface area contributed by atoms with Crippen molar-refractivity contribution in [2.45, 2.75) is 24.9 Å². The molecule has 9 heteroatoms. The average Bonchev–Trinajstić information content (AvgIpc) is 2.55. The second-order valence-electron chi connectivity index (χ2n) is 2.83. The van der Waals surface area contributed by atoms with Gasteiger partial charge in [0.15, 0.2) is 0 Å². The maximum absolute atomic E-state index is 11.4. The Morgan fingerprint density at radius 1 is 1.06 bits per heavy atom. The smallest absolute Gasteiger partial charge is 0.374 e. The van der Waals surface area contributed by atoms with Crippen molar-refractivity contribution in [3.63, 3.8) is 0 Å². The number of hydrogen-bond donors (Lipinski definition) is 2. The quantitative estimate of drug-likeness (QED) is 0.694. The molecule has 0 saturated heterocycles. The van der Waals surface area contributed by atoms with E-state index in [0.29, 0.717) is 0 Å². The number of H-pyrrole nitrogens is 1. The van der Waals surface area contributed by atoms with Crippen LogP contribution in [0.5, 0.6) is 0 Å². The largest absolute Gasteiger partial charge is 0.425 e. The summed E-state index contributed by atoms with van der Waals surface area (Å²) in [6.45, 7) is -0.340. The van der Waals surface area contributed by atoms with E-state index in [1.165, 1.54) is 0 Å². The van der Waals surface area contributed by atoms with E-state index >= 15 is 0 Å². The Balaban J connectivity index is 0.000000368. The molecule has 2 N–H and O–H groups in total. The van der Waals surface area contributed by atoms with Crippen LogP contribution < -0.4 is 0 Å². The van der Waals surface area contributed by atoms with Crippen molar-refractivity contribution in [2.24, 2.45) is 0 Å². The van der Waals surface area contributed by atoms with Crippen LogP contribution in [-0.2, 0) is 0 Å². The summed E-state index contributed by atoms with van der Waals surface area (Å²) in [6.07, 6.45) is -6.30. The lowest BCUT2D eigenvalue weighted by Crippen LogP contribution is -2.54. The number of nitrogens with zero attached hydrogens (tertiary/aromatic N) is 1. The van der Waals surface area contributed by atoms with Crippen LogP contribution in [0.2, 0.25) is 0 Å². The van der Waals surface area contributed by atoms with Gasteiger partial charge in [-0.2, -0.15) is 26.3 Å². The van der Waals surface area contributed by atoms with Gasteiger partial charge in [0, 0.05) is 12.4 Å². The number of hydrogen-bond acceptors (Lipinski definition) is 2. The van der Waals surface area contributed by atoms with Gasteiger partial charge in [-0.1, -0.05) is 0 Å². The molecule has 0 aromatic carbocycles. The highest BCUT2D eigenvalue weighted by Gasteiger charge is 2.67. The molecule has 0 radical (unpaired) electrons. The Labute approximate surface area is 86.1 Å². The molecule has 0 aliphatic carbocycles. The number of aromatic nitrogens is 2. The van der Waals surface area contributed by atoms with Crippen LogP contribution in [0, 0.1) is 0 Å². The lowest BCUT2D eigenvalue weighted by atomic mass is 10.1. The number of nitrogens with one attached hydrogen (secondary N) is 1. The summed E-state index contributed by atoms with van der Waals surface area (Å²) in [7, 11) is 0. The third-order valence-electron chi connectivity index (χ3n) is 1.51. The van der Waals surface area contributed by atoms with E-state index in [0.717, 1.165) is 0 Å².